The van der Waals surface area contributed by atoms with Gasteiger partial charge in [-0.2, -0.15) is 5.26 Å². The fourth-order valence-corrected chi connectivity index (χ4v) is 3.47. The van der Waals surface area contributed by atoms with Crippen LogP contribution in [-0.2, 0) is 12.6 Å². The Morgan fingerprint density at radius 3 is 2.59 bits per heavy atom. The summed E-state index contributed by atoms with van der Waals surface area (Å²) in [5.74, 6) is 0. The van der Waals surface area contributed by atoms with Crippen LogP contribution in [0.1, 0.15) is 5.56 Å². The first kappa shape index (κ1) is 11.9. The zero-order valence-electron chi connectivity index (χ0n) is 10.7. The van der Waals surface area contributed by atoms with Crippen LogP contribution in [0.15, 0.2) is 30.5 Å². The number of rotatable bonds is 3. The number of para-hydroxylation sites is 1. The third-order valence-corrected chi connectivity index (χ3v) is 4.07. The summed E-state index contributed by atoms with van der Waals surface area (Å²) in [4.78, 5) is 0. The molecule has 0 N–H and O–H groups in total. The highest BCUT2D eigenvalue weighted by atomic mass is 28.3. The van der Waals surface area contributed by atoms with Crippen LogP contribution in [0, 0.1) is 11.3 Å². The van der Waals surface area contributed by atoms with Gasteiger partial charge in [0, 0.05) is 23.3 Å². The van der Waals surface area contributed by atoms with Crippen LogP contribution >= 0.6 is 0 Å². The third kappa shape index (κ3) is 2.59. The SMILES string of the molecule is C[Si](C)(C)Cn1cc(CC#N)c2ccccc21. The van der Waals surface area contributed by atoms with Crippen molar-refractivity contribution in [3.63, 3.8) is 0 Å². The van der Waals surface area contributed by atoms with Gasteiger partial charge in [-0.1, -0.05) is 37.8 Å². The molecule has 0 unspecified atom stereocenters. The second kappa shape index (κ2) is 4.38. The molecule has 2 nitrogen and oxygen atoms in total. The predicted octanol–water partition coefficient (Wildman–Crippen LogP) is 3.58. The molecule has 0 saturated carbocycles. The molecule has 3 heteroatoms. The van der Waals surface area contributed by atoms with Crippen LogP contribution in [0.5, 0.6) is 0 Å². The fraction of sp³-hybridized carbons (Fsp3) is 0.357. The minimum Gasteiger partial charge on any atom is -0.350 e. The fourth-order valence-electron chi connectivity index (χ4n) is 2.19. The number of benzene rings is 1. The molecule has 0 atom stereocenters. The average Bonchev–Trinajstić information content (AvgIpc) is 2.56. The second-order valence-electron chi connectivity index (χ2n) is 5.69. The maximum Gasteiger partial charge on any atom is 0.0671 e. The van der Waals surface area contributed by atoms with E-state index < -0.39 is 8.07 Å². The molecule has 1 aromatic heterocycles. The van der Waals surface area contributed by atoms with Crippen molar-refractivity contribution in [1.29, 1.82) is 5.26 Å². The number of fused-ring (bicyclic) bond motifs is 1. The minimum absolute atomic E-state index is 0.499. The maximum atomic E-state index is 8.87. The minimum atomic E-state index is -1.14. The summed E-state index contributed by atoms with van der Waals surface area (Å²) in [6, 6.07) is 10.6. The van der Waals surface area contributed by atoms with E-state index in [2.05, 4.69) is 54.7 Å². The topological polar surface area (TPSA) is 28.7 Å². The van der Waals surface area contributed by atoms with Crippen molar-refractivity contribution in [2.45, 2.75) is 32.2 Å². The molecule has 88 valence electrons. The predicted molar refractivity (Wildman–Crippen MR) is 74.6 cm³/mol. The molecule has 2 aromatic rings. The molecule has 0 aliphatic heterocycles. The number of aromatic nitrogens is 1. The van der Waals surface area contributed by atoms with Gasteiger partial charge >= 0.3 is 0 Å². The summed E-state index contributed by atoms with van der Waals surface area (Å²) < 4.78 is 2.33. The molecule has 17 heavy (non-hydrogen) atoms. The van der Waals surface area contributed by atoms with Gasteiger partial charge in [0.1, 0.15) is 0 Å². The van der Waals surface area contributed by atoms with Crippen molar-refractivity contribution in [2.24, 2.45) is 0 Å². The lowest BCUT2D eigenvalue weighted by atomic mass is 10.1. The monoisotopic (exact) mass is 242 g/mol. The molecule has 0 bridgehead atoms. The summed E-state index contributed by atoms with van der Waals surface area (Å²) in [6.45, 7) is 7.10. The largest absolute Gasteiger partial charge is 0.350 e. The third-order valence-electron chi connectivity index (χ3n) is 2.79. The highest BCUT2D eigenvalue weighted by molar-refractivity contribution is 6.75. The lowest BCUT2D eigenvalue weighted by Gasteiger charge is -2.17. The summed E-state index contributed by atoms with van der Waals surface area (Å²) >= 11 is 0. The molecule has 0 aliphatic carbocycles. The van der Waals surface area contributed by atoms with E-state index in [0.29, 0.717) is 6.42 Å². The molecule has 0 spiro atoms. The highest BCUT2D eigenvalue weighted by Gasteiger charge is 2.16. The van der Waals surface area contributed by atoms with Gasteiger partial charge in [-0.05, 0) is 11.6 Å². The van der Waals surface area contributed by atoms with Crippen LogP contribution < -0.4 is 0 Å². The molecule has 0 amide bonds. The van der Waals surface area contributed by atoms with Gasteiger partial charge in [0.15, 0.2) is 0 Å². The van der Waals surface area contributed by atoms with Gasteiger partial charge in [-0.15, -0.1) is 0 Å². The Kier molecular flexibility index (Phi) is 3.08. The number of hydrogen-bond donors (Lipinski definition) is 0. The summed E-state index contributed by atoms with van der Waals surface area (Å²) in [6.07, 6.45) is 3.77. The smallest absolute Gasteiger partial charge is 0.0671 e. The van der Waals surface area contributed by atoms with Crippen LogP contribution in [0.2, 0.25) is 19.6 Å². The Morgan fingerprint density at radius 1 is 1.24 bits per heavy atom. The molecule has 1 aromatic carbocycles. The Morgan fingerprint density at radius 2 is 1.94 bits per heavy atom. The van der Waals surface area contributed by atoms with Gasteiger partial charge < -0.3 is 4.57 Å². The van der Waals surface area contributed by atoms with Crippen LogP contribution in [0.4, 0.5) is 0 Å². The standard InChI is InChI=1S/C14H18N2Si/c1-17(2,3)11-16-10-12(8-9-15)13-6-4-5-7-14(13)16/h4-7,10H,8,11H2,1-3H3. The molecular formula is C14H18N2Si. The molecular weight excluding hydrogens is 224 g/mol. The number of nitriles is 1. The van der Waals surface area contributed by atoms with Crippen molar-refractivity contribution in [1.82, 2.24) is 4.57 Å². The Bertz CT molecular complexity index is 570. The Labute approximate surface area is 103 Å². The van der Waals surface area contributed by atoms with E-state index in [1.807, 2.05) is 6.07 Å². The van der Waals surface area contributed by atoms with Gasteiger partial charge in [-0.25, -0.2) is 0 Å². The van der Waals surface area contributed by atoms with Crippen LogP contribution in [0.3, 0.4) is 0 Å². The quantitative estimate of drug-likeness (QED) is 0.756. The normalized spacial score (nSPS) is 11.6. The molecule has 0 aliphatic rings. The van der Waals surface area contributed by atoms with E-state index in [4.69, 9.17) is 5.26 Å². The van der Waals surface area contributed by atoms with E-state index in [0.717, 1.165) is 11.7 Å². The first-order valence-electron chi connectivity index (χ1n) is 5.95. The first-order valence-corrected chi connectivity index (χ1v) is 9.66. The van der Waals surface area contributed by atoms with Crippen molar-refractivity contribution in [3.8, 4) is 6.07 Å². The van der Waals surface area contributed by atoms with E-state index in [-0.39, 0.29) is 0 Å². The second-order valence-corrected chi connectivity index (χ2v) is 11.1. The molecule has 0 saturated heterocycles. The zero-order valence-corrected chi connectivity index (χ0v) is 11.7. The van der Waals surface area contributed by atoms with E-state index in [1.54, 1.807) is 0 Å². The van der Waals surface area contributed by atoms with Gasteiger partial charge in [-0.3, -0.25) is 0 Å². The molecule has 1 heterocycles. The maximum absolute atomic E-state index is 8.87. The summed E-state index contributed by atoms with van der Waals surface area (Å²) in [5, 5.41) is 10.1. The highest BCUT2D eigenvalue weighted by Crippen LogP contribution is 2.23. The average molecular weight is 242 g/mol. The van der Waals surface area contributed by atoms with Crippen molar-refractivity contribution in [2.75, 3.05) is 0 Å². The Balaban J connectivity index is 2.53. The van der Waals surface area contributed by atoms with Crippen LogP contribution in [0.25, 0.3) is 10.9 Å². The molecule has 2 rings (SSSR count). The van der Waals surface area contributed by atoms with E-state index >= 15 is 0 Å². The van der Waals surface area contributed by atoms with Crippen molar-refractivity contribution in [3.05, 3.63) is 36.0 Å². The van der Waals surface area contributed by atoms with E-state index in [1.165, 1.54) is 10.9 Å². The number of hydrogen-bond acceptors (Lipinski definition) is 1. The van der Waals surface area contributed by atoms with Gasteiger partial charge in [0.2, 0.25) is 0 Å². The number of nitrogens with zero attached hydrogens (tertiary/aromatic N) is 2. The summed E-state index contributed by atoms with van der Waals surface area (Å²) in [7, 11) is -1.14. The van der Waals surface area contributed by atoms with Crippen molar-refractivity contribution >= 4 is 19.0 Å². The summed E-state index contributed by atoms with van der Waals surface area (Å²) in [5.41, 5.74) is 2.42. The van der Waals surface area contributed by atoms with E-state index in [9.17, 15) is 0 Å². The Hall–Kier alpha value is -1.53. The lowest BCUT2D eigenvalue weighted by molar-refractivity contribution is 0.891. The molecule has 0 fully saturated rings. The van der Waals surface area contributed by atoms with Gasteiger partial charge in [0.05, 0.1) is 20.6 Å². The first-order chi connectivity index (χ1) is 8.01. The zero-order chi connectivity index (χ0) is 12.5. The van der Waals surface area contributed by atoms with Crippen LogP contribution in [-0.4, -0.2) is 12.6 Å². The molecule has 0 radical (unpaired) electrons. The van der Waals surface area contributed by atoms with Crippen molar-refractivity contribution < 1.29 is 0 Å². The van der Waals surface area contributed by atoms with Gasteiger partial charge in [0.25, 0.3) is 0 Å². The lowest BCUT2D eigenvalue weighted by Crippen LogP contribution is -2.27.